The summed E-state index contributed by atoms with van der Waals surface area (Å²) in [7, 11) is 0. The number of amides is 1. The van der Waals surface area contributed by atoms with E-state index in [2.05, 4.69) is 15.5 Å². The Labute approximate surface area is 187 Å². The van der Waals surface area contributed by atoms with Crippen molar-refractivity contribution in [2.75, 3.05) is 43.1 Å². The Morgan fingerprint density at radius 2 is 1.82 bits per heavy atom. The second-order valence-electron chi connectivity index (χ2n) is 7.51. The van der Waals surface area contributed by atoms with Gasteiger partial charge in [0.25, 0.3) is 5.91 Å². The summed E-state index contributed by atoms with van der Waals surface area (Å²) in [4.78, 5) is 14.5. The Bertz CT molecular complexity index is 1110. The first-order valence-electron chi connectivity index (χ1n) is 10.2. The van der Waals surface area contributed by atoms with Crippen LogP contribution in [0, 0.1) is 6.92 Å². The first-order chi connectivity index (χ1) is 15.8. The minimum Gasteiger partial charge on any atom is -0.482 e. The van der Waals surface area contributed by atoms with E-state index in [1.54, 1.807) is 10.6 Å². The smallest absolute Gasteiger partial charge is 0.416 e. The quantitative estimate of drug-likeness (QED) is 0.606. The van der Waals surface area contributed by atoms with E-state index in [0.717, 1.165) is 17.7 Å². The highest BCUT2D eigenvalue weighted by Gasteiger charge is 2.32. The van der Waals surface area contributed by atoms with Crippen LogP contribution in [0.1, 0.15) is 11.1 Å². The number of aryl methyl sites for hydroxylation is 1. The van der Waals surface area contributed by atoms with E-state index in [9.17, 15) is 18.0 Å². The second-order valence-corrected chi connectivity index (χ2v) is 7.51. The van der Waals surface area contributed by atoms with Gasteiger partial charge in [0.05, 0.1) is 35.8 Å². The maximum absolute atomic E-state index is 13.3. The highest BCUT2D eigenvalue weighted by atomic mass is 19.4. The molecule has 2 heterocycles. The molecular formula is C22H22F3N5O3. The van der Waals surface area contributed by atoms with Crippen LogP contribution < -0.4 is 15.0 Å². The number of hydrogen-bond acceptors (Lipinski definition) is 6. The number of nitrogens with zero attached hydrogens (tertiary/aromatic N) is 4. The molecule has 0 aliphatic carbocycles. The fourth-order valence-electron chi connectivity index (χ4n) is 3.50. The van der Waals surface area contributed by atoms with Crippen LogP contribution in [-0.2, 0) is 15.7 Å². The second kappa shape index (κ2) is 9.49. The van der Waals surface area contributed by atoms with Crippen molar-refractivity contribution in [2.24, 2.45) is 0 Å². The lowest BCUT2D eigenvalue weighted by atomic mass is 10.1. The molecule has 0 atom stereocenters. The molecule has 1 aliphatic rings. The fraction of sp³-hybridized carbons (Fsp3) is 0.318. The van der Waals surface area contributed by atoms with Gasteiger partial charge in [-0.1, -0.05) is 6.07 Å². The van der Waals surface area contributed by atoms with Gasteiger partial charge in [-0.3, -0.25) is 9.36 Å². The summed E-state index contributed by atoms with van der Waals surface area (Å²) in [6.45, 7) is 3.45. The molecule has 0 saturated carbocycles. The van der Waals surface area contributed by atoms with Crippen molar-refractivity contribution < 1.29 is 27.4 Å². The zero-order valence-corrected chi connectivity index (χ0v) is 17.8. The number of hydrogen-bond donors (Lipinski definition) is 1. The SMILES string of the molecule is Cc1ccc(OCC(=O)Nc2cc(C(F)(F)F)ccc2N2CCOCC2)c(-n2cnnc2)c1. The minimum absolute atomic E-state index is 0.0725. The molecule has 0 spiro atoms. The number of morpholine rings is 1. The predicted octanol–water partition coefficient (Wildman–Crippen LogP) is 3.45. The molecule has 33 heavy (non-hydrogen) atoms. The van der Waals surface area contributed by atoms with Crippen molar-refractivity contribution >= 4 is 17.3 Å². The van der Waals surface area contributed by atoms with Crippen molar-refractivity contribution in [3.63, 3.8) is 0 Å². The number of benzene rings is 2. The van der Waals surface area contributed by atoms with E-state index in [4.69, 9.17) is 9.47 Å². The predicted molar refractivity (Wildman–Crippen MR) is 115 cm³/mol. The van der Waals surface area contributed by atoms with Gasteiger partial charge >= 0.3 is 6.18 Å². The first-order valence-corrected chi connectivity index (χ1v) is 10.2. The average Bonchev–Trinajstić information content (AvgIpc) is 3.33. The molecule has 0 radical (unpaired) electrons. The Balaban J connectivity index is 1.52. The molecule has 1 fully saturated rings. The molecule has 174 valence electrons. The monoisotopic (exact) mass is 461 g/mol. The van der Waals surface area contributed by atoms with Crippen LogP contribution in [0.25, 0.3) is 5.69 Å². The van der Waals surface area contributed by atoms with E-state index >= 15 is 0 Å². The lowest BCUT2D eigenvalue weighted by Gasteiger charge is -2.31. The number of carbonyl (C=O) groups excluding carboxylic acids is 1. The summed E-state index contributed by atoms with van der Waals surface area (Å²) in [6.07, 6.45) is -1.53. The number of ether oxygens (including phenoxy) is 2. The van der Waals surface area contributed by atoms with Crippen molar-refractivity contribution in [1.29, 1.82) is 0 Å². The Morgan fingerprint density at radius 3 is 2.52 bits per heavy atom. The highest BCUT2D eigenvalue weighted by molar-refractivity contribution is 5.95. The van der Waals surface area contributed by atoms with Gasteiger partial charge in [0.15, 0.2) is 6.61 Å². The zero-order chi connectivity index (χ0) is 23.4. The Morgan fingerprint density at radius 1 is 1.09 bits per heavy atom. The molecule has 2 aromatic carbocycles. The number of anilines is 2. The number of alkyl halides is 3. The molecular weight excluding hydrogens is 439 g/mol. The summed E-state index contributed by atoms with van der Waals surface area (Å²) in [5, 5.41) is 10.1. The van der Waals surface area contributed by atoms with Crippen molar-refractivity contribution in [3.8, 4) is 11.4 Å². The zero-order valence-electron chi connectivity index (χ0n) is 17.8. The molecule has 1 amide bonds. The van der Waals surface area contributed by atoms with Crippen LogP contribution in [0.3, 0.4) is 0 Å². The topological polar surface area (TPSA) is 81.5 Å². The summed E-state index contributed by atoms with van der Waals surface area (Å²) in [5.74, 6) is -0.174. The van der Waals surface area contributed by atoms with Gasteiger partial charge in [-0.05, 0) is 42.8 Å². The van der Waals surface area contributed by atoms with Gasteiger partial charge in [0.1, 0.15) is 18.4 Å². The fourth-order valence-corrected chi connectivity index (χ4v) is 3.50. The largest absolute Gasteiger partial charge is 0.482 e. The minimum atomic E-state index is -4.53. The molecule has 11 heteroatoms. The van der Waals surface area contributed by atoms with Crippen molar-refractivity contribution in [2.45, 2.75) is 13.1 Å². The average molecular weight is 461 g/mol. The molecule has 8 nitrogen and oxygen atoms in total. The van der Waals surface area contributed by atoms with Gasteiger partial charge in [-0.2, -0.15) is 13.2 Å². The van der Waals surface area contributed by atoms with Gasteiger partial charge in [0.2, 0.25) is 0 Å². The highest BCUT2D eigenvalue weighted by Crippen LogP contribution is 2.36. The third-order valence-corrected chi connectivity index (χ3v) is 5.12. The Kier molecular flexibility index (Phi) is 6.50. The number of carbonyl (C=O) groups is 1. The summed E-state index contributed by atoms with van der Waals surface area (Å²) in [5.41, 5.74) is 1.34. The Hall–Kier alpha value is -3.60. The van der Waals surface area contributed by atoms with Crippen molar-refractivity contribution in [3.05, 3.63) is 60.2 Å². The van der Waals surface area contributed by atoms with E-state index in [-0.39, 0.29) is 5.69 Å². The summed E-state index contributed by atoms with van der Waals surface area (Å²) in [6, 6.07) is 8.70. The van der Waals surface area contributed by atoms with Gasteiger partial charge in [0, 0.05) is 13.1 Å². The molecule has 3 aromatic rings. The molecule has 1 aromatic heterocycles. The standard InChI is InChI=1S/C22H22F3N5O3/c1-15-2-5-20(19(10-15)30-13-26-27-14-30)33-12-21(31)28-17-11-16(22(23,24)25)3-4-18(17)29-6-8-32-9-7-29/h2-5,10-11,13-14H,6-9,12H2,1H3,(H,28,31). The van der Waals surface area contributed by atoms with Gasteiger partial charge in [-0.25, -0.2) is 0 Å². The van der Waals surface area contributed by atoms with Crippen LogP contribution in [0.5, 0.6) is 5.75 Å². The lowest BCUT2D eigenvalue weighted by Crippen LogP contribution is -2.37. The van der Waals surface area contributed by atoms with Crippen LogP contribution in [-0.4, -0.2) is 53.6 Å². The van der Waals surface area contributed by atoms with E-state index in [1.807, 2.05) is 24.0 Å². The summed E-state index contributed by atoms with van der Waals surface area (Å²) >= 11 is 0. The molecule has 0 unspecified atom stereocenters. The number of halogens is 3. The number of nitrogens with one attached hydrogen (secondary N) is 1. The van der Waals surface area contributed by atoms with Crippen LogP contribution in [0.2, 0.25) is 0 Å². The summed E-state index contributed by atoms with van der Waals surface area (Å²) < 4.78 is 52.5. The molecule has 4 rings (SSSR count). The third-order valence-electron chi connectivity index (χ3n) is 5.12. The van der Waals surface area contributed by atoms with Crippen LogP contribution in [0.4, 0.5) is 24.5 Å². The van der Waals surface area contributed by atoms with Gasteiger partial charge in [-0.15, -0.1) is 10.2 Å². The molecule has 1 aliphatic heterocycles. The van der Waals surface area contributed by atoms with Crippen molar-refractivity contribution in [1.82, 2.24) is 14.8 Å². The maximum Gasteiger partial charge on any atom is 0.416 e. The maximum atomic E-state index is 13.3. The molecule has 1 N–H and O–H groups in total. The molecule has 1 saturated heterocycles. The lowest BCUT2D eigenvalue weighted by molar-refractivity contribution is -0.137. The van der Waals surface area contributed by atoms with Gasteiger partial charge < -0.3 is 19.7 Å². The number of rotatable bonds is 6. The van der Waals surface area contributed by atoms with E-state index in [1.165, 1.54) is 18.7 Å². The first kappa shape index (κ1) is 22.6. The van der Waals surface area contributed by atoms with Crippen LogP contribution in [0.15, 0.2) is 49.1 Å². The number of aromatic nitrogens is 3. The normalized spacial score (nSPS) is 14.2. The van der Waals surface area contributed by atoms with Crippen LogP contribution >= 0.6 is 0 Å². The van der Waals surface area contributed by atoms with E-state index in [0.29, 0.717) is 43.4 Å². The molecule has 0 bridgehead atoms. The third kappa shape index (κ3) is 5.43. The van der Waals surface area contributed by atoms with E-state index < -0.39 is 24.3 Å².